The highest BCUT2D eigenvalue weighted by atomic mass is 16.6. The molecule has 5 aliphatic rings. The van der Waals surface area contributed by atoms with Gasteiger partial charge in [-0.15, -0.1) is 0 Å². The van der Waals surface area contributed by atoms with E-state index in [0.29, 0.717) is 188 Å². The summed E-state index contributed by atoms with van der Waals surface area (Å²) in [6.07, 6.45) is 18.5. The Bertz CT molecular complexity index is 5020. The normalized spacial score (nSPS) is 21.9. The van der Waals surface area contributed by atoms with E-state index in [1.165, 1.54) is 13.4 Å². The van der Waals surface area contributed by atoms with Crippen LogP contribution in [0.25, 0.3) is 33.3 Å². The number of hydrogen-bond donors (Lipinski definition) is 11. The number of aliphatic hydroxyl groups is 5. The number of H-pyrrole nitrogens is 1. The van der Waals surface area contributed by atoms with E-state index in [0.717, 1.165) is 46.6 Å². The van der Waals surface area contributed by atoms with Crippen LogP contribution in [0.15, 0.2) is 109 Å². The molecular weight excluding hydrogens is 1750 g/mol. The van der Waals surface area contributed by atoms with E-state index in [1.54, 1.807) is 77.1 Å². The van der Waals surface area contributed by atoms with E-state index in [4.69, 9.17) is 49.8 Å². The number of aryl methyl sites for hydroxylation is 1. The first-order valence-electron chi connectivity index (χ1n) is 47.8. The Morgan fingerprint density at radius 3 is 2.20 bits per heavy atom. The number of rotatable bonds is 50. The molecule has 10 heterocycles. The number of allylic oxidation sites excluding steroid dienone is 4. The van der Waals surface area contributed by atoms with Gasteiger partial charge in [0.05, 0.1) is 80.0 Å². The fourth-order valence-electron chi connectivity index (χ4n) is 18.1. The van der Waals surface area contributed by atoms with Crippen molar-refractivity contribution >= 4 is 86.8 Å². The number of Topliss-reactive ketones (excluding diaryl/α,β-unsaturated/α-hetero) is 1. The number of anilines is 3. The van der Waals surface area contributed by atoms with Crippen LogP contribution < -0.4 is 37.2 Å². The molecule has 4 aliphatic heterocycles. The van der Waals surface area contributed by atoms with E-state index >= 15 is 0 Å². The molecule has 0 unspecified atom stereocenters. The number of aliphatic hydroxyl groups excluding tert-OH is 4. The molecule has 0 bridgehead atoms. The zero-order chi connectivity index (χ0) is 97.5. The highest BCUT2D eigenvalue weighted by molar-refractivity contribution is 6.39. The summed E-state index contributed by atoms with van der Waals surface area (Å²) in [5.41, 5.74) is 18.5. The predicted molar refractivity (Wildman–Crippen MR) is 509 cm³/mol. The fraction of sp³-hybridized carbons (Fsp3) is 0.625. The third-order valence-corrected chi connectivity index (χ3v) is 26.3. The lowest BCUT2D eigenvalue weighted by molar-refractivity contribution is -0.265. The van der Waals surface area contributed by atoms with Crippen LogP contribution >= 0.6 is 0 Å². The summed E-state index contributed by atoms with van der Waals surface area (Å²) in [5, 5.41) is 77.5. The summed E-state index contributed by atoms with van der Waals surface area (Å²) in [6.45, 7) is 23.8. The van der Waals surface area contributed by atoms with Gasteiger partial charge >= 0.3 is 5.97 Å². The molecule has 1 saturated carbocycles. The van der Waals surface area contributed by atoms with Gasteiger partial charge in [0, 0.05) is 203 Å². The molecule has 6 aromatic heterocycles. The number of piperazine rings is 2. The SMILES string of the molecule is C=C/C=C/C=C(\C)[C@H](C[C@@H]1CC[C@@H](C)[C@](O)(C(=O)C(=O)N2CCCC[C@H]2C(=O)O[C@@H](C[C@@H](O)[C@H](C)/C=C(\C)[C@@H](O)[C@@H](O)C(=NOCC(=O)NCCOCCC(=O)NCc2cnc(N3CCN(C(=O)CCOCCN4CCN(c5ncc(C(=O)NCCCCn6nc(-c7cnc8[nH]ccc8c7)c7c(N)ncnc76)cn5)CC4)CC3)nc2)[C@H](C)CC(C)C)[C@H](N)C[C@@H]2CC[C@@H](O)[C@H](OC)C2)O1)OC. The van der Waals surface area contributed by atoms with Gasteiger partial charge in [0.25, 0.3) is 23.5 Å². The number of ketones is 1. The number of carbonyl (C=O) groups is 7. The maximum absolute atomic E-state index is 14.7. The number of fused-ring (bicyclic) bond motifs is 2. The number of nitrogens with one attached hydrogen (secondary N) is 4. The number of aromatic nitrogens is 10. The third kappa shape index (κ3) is 29.6. The van der Waals surface area contributed by atoms with Crippen molar-refractivity contribution in [2.24, 2.45) is 40.5 Å². The van der Waals surface area contributed by atoms with Crippen LogP contribution in [0, 0.1) is 29.6 Å². The zero-order valence-corrected chi connectivity index (χ0v) is 80.0. The average Bonchev–Trinajstić information content (AvgIpc) is 1.74. The number of likely N-dealkylation sites (tertiary alicyclic amines) is 1. The molecule has 744 valence electrons. The second-order valence-electron chi connectivity index (χ2n) is 36.8. The Balaban J connectivity index is 0.542. The molecule has 0 radical (unpaired) electrons. The number of amides is 5. The van der Waals surface area contributed by atoms with Gasteiger partial charge < -0.3 is 111 Å². The van der Waals surface area contributed by atoms with E-state index in [2.05, 4.69) is 77.4 Å². The minimum Gasteiger partial charge on any atom is -0.459 e. The number of nitrogen functional groups attached to an aromatic ring is 1. The third-order valence-electron chi connectivity index (χ3n) is 26.3. The van der Waals surface area contributed by atoms with Gasteiger partial charge in [-0.3, -0.25) is 33.7 Å². The predicted octanol–water partition coefficient (Wildman–Crippen LogP) is 5.22. The number of ether oxygens (including phenoxy) is 6. The molecule has 13 N–H and O–H groups in total. The molecule has 0 aromatic carbocycles. The molecule has 6 aromatic rings. The first-order valence-corrected chi connectivity index (χ1v) is 47.8. The maximum Gasteiger partial charge on any atom is 0.329 e. The van der Waals surface area contributed by atoms with Gasteiger partial charge in [0.1, 0.15) is 47.8 Å². The molecule has 1 aliphatic carbocycles. The van der Waals surface area contributed by atoms with Crippen LogP contribution in [0.3, 0.4) is 0 Å². The van der Waals surface area contributed by atoms with Gasteiger partial charge in [-0.2, -0.15) is 5.10 Å². The highest BCUT2D eigenvalue weighted by Crippen LogP contribution is 2.39. The molecule has 5 amide bonds. The Labute approximate surface area is 794 Å². The molecule has 15 atom stereocenters. The average molecular weight is 1890 g/mol. The Hall–Kier alpha value is -10.8. The molecule has 4 saturated heterocycles. The summed E-state index contributed by atoms with van der Waals surface area (Å²) in [4.78, 5) is 145. The molecule has 40 nitrogen and oxygen atoms in total. The van der Waals surface area contributed by atoms with Crippen LogP contribution in [0.2, 0.25) is 0 Å². The number of aromatic amines is 1. The van der Waals surface area contributed by atoms with Crippen LogP contribution in [-0.2, 0) is 75.1 Å². The second-order valence-corrected chi connectivity index (χ2v) is 36.8. The number of carbonyl (C=O) groups excluding carboxylic acids is 7. The minimum absolute atomic E-state index is 0.0152. The molecule has 0 spiro atoms. The number of unbranched alkanes of at least 4 members (excludes halogenated alkanes) is 1. The number of nitrogens with zero attached hydrogens (tertiary/aromatic N) is 15. The lowest BCUT2D eigenvalue weighted by Gasteiger charge is -2.42. The first kappa shape index (κ1) is 106. The lowest BCUT2D eigenvalue weighted by atomic mass is 9.80. The number of esters is 1. The number of oxime groups is 1. The van der Waals surface area contributed by atoms with Crippen molar-refractivity contribution in [2.75, 3.05) is 141 Å². The number of methoxy groups -OCH3 is 2. The van der Waals surface area contributed by atoms with E-state index in [9.17, 15) is 59.1 Å². The molecule has 11 rings (SSSR count). The Kier molecular flexibility index (Phi) is 40.5. The smallest absolute Gasteiger partial charge is 0.329 e. The van der Waals surface area contributed by atoms with Crippen molar-refractivity contribution in [2.45, 2.75) is 231 Å². The number of piperidine rings is 1. The quantitative estimate of drug-likeness (QED) is 0.00443. The van der Waals surface area contributed by atoms with E-state index < -0.39 is 115 Å². The standard InChI is InChI=1S/C96H141N21O19/c1-11-12-13-18-61(4)76(130-9)50-71-22-20-65(8)96(129,136-71)87(125)92(127)116-30-16-14-19-73(116)93(128)135-77(72(97)47-66-21-23-74(118)78(48-66)131-10)51-75(119)62(5)46-64(7)85(123)86(124)83(63(6)45-60(2)3)111-134-58-80(121)99-29-43-132-41-25-79(120)102-52-67-53-104-94(105-54-67)115-38-36-113(37-39-115)81(122)26-42-133-44-40-112-32-34-114(35-33-112)95-106-56-70(57-107-95)91(126)101-27-15-17-31-117-90-82(88(98)108-59-109-90)84(110-117)69-49-68-24-28-100-89(68)103-55-69/h11-13,18,24,28,46,49,53-57,59-60,62-63,65-66,71-78,85-86,118-119,123-124,129H,1,14-17,19-23,25-27,29-45,47-48,50-52,58,97H2,2-10H3,(H,99,121)(H,100,103)(H,101,126)(H,102,120)(H2,98,108,109)/b13-12+,61-18+,64-46+,111-83?/t62-,63-,65-,66+,71+,72-,73+,74-,75-,76+,77+,78-,85-,86+,96-/m1/s1. The summed E-state index contributed by atoms with van der Waals surface area (Å²) >= 11 is 0. The fourth-order valence-corrected chi connectivity index (χ4v) is 18.1. The van der Waals surface area contributed by atoms with Crippen LogP contribution in [0.1, 0.15) is 167 Å². The molecular formula is C96H141N21O19. The summed E-state index contributed by atoms with van der Waals surface area (Å²) in [6, 6.07) is 1.84. The lowest BCUT2D eigenvalue weighted by Crippen LogP contribution is -2.61. The van der Waals surface area contributed by atoms with Crippen molar-refractivity contribution in [3.8, 4) is 11.3 Å². The summed E-state index contributed by atoms with van der Waals surface area (Å²) < 4.78 is 37.2. The largest absolute Gasteiger partial charge is 0.459 e. The van der Waals surface area contributed by atoms with Crippen LogP contribution in [0.5, 0.6) is 0 Å². The van der Waals surface area contributed by atoms with Crippen LogP contribution in [0.4, 0.5) is 17.7 Å². The number of hydrogen-bond acceptors (Lipinski definition) is 33. The maximum atomic E-state index is 14.7. The topological polar surface area (TPSA) is 526 Å². The van der Waals surface area contributed by atoms with Gasteiger partial charge in [-0.25, -0.2) is 44.4 Å². The molecule has 136 heavy (non-hydrogen) atoms. The van der Waals surface area contributed by atoms with E-state index in [-0.39, 0.29) is 99.4 Å². The molecule has 40 heteroatoms. The Morgan fingerprint density at radius 2 is 1.48 bits per heavy atom. The van der Waals surface area contributed by atoms with Gasteiger partial charge in [-0.1, -0.05) is 76.7 Å². The monoisotopic (exact) mass is 1890 g/mol. The number of pyridine rings is 1. The van der Waals surface area contributed by atoms with Crippen molar-refractivity contribution in [3.63, 3.8) is 0 Å². The zero-order valence-electron chi connectivity index (χ0n) is 80.0. The van der Waals surface area contributed by atoms with Gasteiger partial charge in [-0.05, 0) is 126 Å². The molecule has 5 fully saturated rings. The summed E-state index contributed by atoms with van der Waals surface area (Å²) in [5.74, 6) is -7.13. The second kappa shape index (κ2) is 52.1. The van der Waals surface area contributed by atoms with Crippen molar-refractivity contribution in [3.05, 3.63) is 115 Å². The van der Waals surface area contributed by atoms with Crippen molar-refractivity contribution < 1.29 is 92.4 Å². The summed E-state index contributed by atoms with van der Waals surface area (Å²) in [7, 11) is 3.08. The number of nitrogens with two attached hydrogens (primary N) is 2. The van der Waals surface area contributed by atoms with Crippen molar-refractivity contribution in [1.82, 2.24) is 80.3 Å². The highest BCUT2D eigenvalue weighted by Gasteiger charge is 2.53. The first-order chi connectivity index (χ1) is 65.4. The van der Waals surface area contributed by atoms with E-state index in [1.807, 2.05) is 72.7 Å². The van der Waals surface area contributed by atoms with Crippen molar-refractivity contribution in [1.29, 1.82) is 0 Å². The van der Waals surface area contributed by atoms with Gasteiger partial charge in [0.2, 0.25) is 29.5 Å². The Morgan fingerprint density at radius 1 is 0.757 bits per heavy atom. The van der Waals surface area contributed by atoms with Gasteiger partial charge in [0.15, 0.2) is 12.3 Å². The van der Waals surface area contributed by atoms with Crippen LogP contribution in [-0.4, -0.2) is 329 Å². The minimum atomic E-state index is -2.50.